The zero-order valence-corrected chi connectivity index (χ0v) is 22.3. The highest BCUT2D eigenvalue weighted by molar-refractivity contribution is 5.66. The SMILES string of the molecule is CC(C)OCCO[C@@H]1CC[C@@]2(C)[C@@H](C1)C[C@@H](O)[C@@H]1[C@@H]2CC[C@]2(C)[C@@H]([C@H](C)CCC(=O)O)CC[C@@H]12. The summed E-state index contributed by atoms with van der Waals surface area (Å²) in [5, 5.41) is 20.7. The number of ether oxygens (including phenoxy) is 2. The number of carboxylic acids is 1. The first-order chi connectivity index (χ1) is 16.1. The largest absolute Gasteiger partial charge is 0.481 e. The zero-order chi connectivity index (χ0) is 24.7. The van der Waals surface area contributed by atoms with Gasteiger partial charge in [-0.05, 0) is 118 Å². The monoisotopic (exact) mass is 478 g/mol. The van der Waals surface area contributed by atoms with Gasteiger partial charge in [0.1, 0.15) is 0 Å². The van der Waals surface area contributed by atoms with E-state index < -0.39 is 5.97 Å². The Morgan fingerprint density at radius 3 is 2.38 bits per heavy atom. The molecule has 0 spiro atoms. The fourth-order valence-electron chi connectivity index (χ4n) is 9.36. The van der Waals surface area contributed by atoms with Crippen molar-refractivity contribution in [3.63, 3.8) is 0 Å². The summed E-state index contributed by atoms with van der Waals surface area (Å²) in [7, 11) is 0. The molecule has 0 bridgehead atoms. The van der Waals surface area contributed by atoms with Gasteiger partial charge in [0.2, 0.25) is 0 Å². The third-order valence-corrected chi connectivity index (χ3v) is 11.1. The van der Waals surface area contributed by atoms with Crippen LogP contribution in [0.1, 0.15) is 98.8 Å². The number of aliphatic carboxylic acids is 1. The molecule has 5 nitrogen and oxygen atoms in total. The first-order valence-electron chi connectivity index (χ1n) is 14.2. The molecule has 0 saturated heterocycles. The maximum Gasteiger partial charge on any atom is 0.303 e. The van der Waals surface area contributed by atoms with Gasteiger partial charge in [-0.1, -0.05) is 20.8 Å². The van der Waals surface area contributed by atoms with Crippen LogP contribution in [0.4, 0.5) is 0 Å². The molecule has 10 atom stereocenters. The molecule has 4 fully saturated rings. The van der Waals surface area contributed by atoms with Gasteiger partial charge in [-0.15, -0.1) is 0 Å². The van der Waals surface area contributed by atoms with Crippen molar-refractivity contribution in [2.45, 2.75) is 117 Å². The van der Waals surface area contributed by atoms with Gasteiger partial charge in [-0.25, -0.2) is 0 Å². The lowest BCUT2D eigenvalue weighted by molar-refractivity contribution is -0.179. The van der Waals surface area contributed by atoms with Crippen LogP contribution in [0.2, 0.25) is 0 Å². The minimum atomic E-state index is -0.677. The van der Waals surface area contributed by atoms with Gasteiger partial charge in [0.25, 0.3) is 0 Å². The Morgan fingerprint density at radius 1 is 0.971 bits per heavy atom. The molecule has 0 aromatic heterocycles. The molecule has 0 aliphatic heterocycles. The molecule has 0 unspecified atom stereocenters. The Morgan fingerprint density at radius 2 is 1.68 bits per heavy atom. The van der Waals surface area contributed by atoms with Gasteiger partial charge in [0.15, 0.2) is 0 Å². The van der Waals surface area contributed by atoms with Crippen molar-refractivity contribution in [3.05, 3.63) is 0 Å². The average Bonchev–Trinajstić information content (AvgIpc) is 3.13. The van der Waals surface area contributed by atoms with Crippen LogP contribution in [0, 0.1) is 46.3 Å². The van der Waals surface area contributed by atoms with Gasteiger partial charge in [0.05, 0.1) is 31.5 Å². The van der Waals surface area contributed by atoms with Gasteiger partial charge >= 0.3 is 5.97 Å². The fourth-order valence-corrected chi connectivity index (χ4v) is 9.36. The summed E-state index contributed by atoms with van der Waals surface area (Å²) in [4.78, 5) is 11.2. The second-order valence-electron chi connectivity index (χ2n) is 13.1. The summed E-state index contributed by atoms with van der Waals surface area (Å²) in [6.45, 7) is 12.7. The Bertz CT molecular complexity index is 709. The number of carbonyl (C=O) groups is 1. The summed E-state index contributed by atoms with van der Waals surface area (Å²) in [6, 6.07) is 0. The molecular weight excluding hydrogens is 428 g/mol. The lowest BCUT2D eigenvalue weighted by Gasteiger charge is -2.62. The highest BCUT2D eigenvalue weighted by Gasteiger charge is 2.62. The van der Waals surface area contributed by atoms with E-state index in [0.717, 1.165) is 25.7 Å². The minimum Gasteiger partial charge on any atom is -0.481 e. The van der Waals surface area contributed by atoms with E-state index in [2.05, 4.69) is 34.6 Å². The average molecular weight is 479 g/mol. The predicted molar refractivity (Wildman–Crippen MR) is 133 cm³/mol. The van der Waals surface area contributed by atoms with E-state index >= 15 is 0 Å². The highest BCUT2D eigenvalue weighted by Crippen LogP contribution is 2.68. The fraction of sp³-hybridized carbons (Fsp3) is 0.966. The number of aliphatic hydroxyl groups is 1. The number of carboxylic acid groups (broad SMARTS) is 1. The molecule has 0 amide bonds. The van der Waals surface area contributed by atoms with Crippen molar-refractivity contribution in [1.29, 1.82) is 0 Å². The van der Waals surface area contributed by atoms with Crippen molar-refractivity contribution in [1.82, 2.24) is 0 Å². The van der Waals surface area contributed by atoms with Crippen LogP contribution in [0.25, 0.3) is 0 Å². The number of hydrogen-bond acceptors (Lipinski definition) is 4. The third kappa shape index (κ3) is 4.95. The zero-order valence-electron chi connectivity index (χ0n) is 22.3. The molecule has 0 aromatic carbocycles. The number of rotatable bonds is 9. The maximum absolute atomic E-state index is 11.5. The summed E-state index contributed by atoms with van der Waals surface area (Å²) < 4.78 is 11.9. The molecular formula is C29H50O5. The van der Waals surface area contributed by atoms with Crippen molar-refractivity contribution >= 4 is 5.97 Å². The maximum atomic E-state index is 11.5. The van der Waals surface area contributed by atoms with E-state index in [0.29, 0.717) is 60.2 Å². The van der Waals surface area contributed by atoms with Crippen LogP contribution in [-0.2, 0) is 14.3 Å². The molecule has 196 valence electrons. The number of aliphatic hydroxyl groups excluding tert-OH is 1. The van der Waals surface area contributed by atoms with Crippen LogP contribution in [-0.4, -0.2) is 47.7 Å². The molecule has 4 aliphatic rings. The van der Waals surface area contributed by atoms with Crippen LogP contribution in [0.15, 0.2) is 0 Å². The second-order valence-corrected chi connectivity index (χ2v) is 13.1. The van der Waals surface area contributed by atoms with Gasteiger partial charge in [-0.3, -0.25) is 4.79 Å². The lowest BCUT2D eigenvalue weighted by atomic mass is 9.43. The standard InChI is InChI=1S/C29H50O5/c1-18(2)33-14-15-34-21-10-12-28(4)20(16-21)17-25(30)27-23-8-7-22(19(3)6-9-26(31)32)29(23,5)13-11-24(27)28/h18-25,27,30H,6-17H2,1-5H3,(H,31,32)/t19-,20+,21-,22-,23+,24+,25-,27+,28+,29-/m1/s1. The molecule has 0 radical (unpaired) electrons. The van der Waals surface area contributed by atoms with Crippen molar-refractivity contribution in [2.75, 3.05) is 13.2 Å². The summed E-state index contributed by atoms with van der Waals surface area (Å²) in [6.07, 6.45) is 10.6. The quantitative estimate of drug-likeness (QED) is 0.402. The molecule has 4 aliphatic carbocycles. The first-order valence-corrected chi connectivity index (χ1v) is 14.2. The Labute approximate surface area is 207 Å². The third-order valence-electron chi connectivity index (χ3n) is 11.1. The number of fused-ring (bicyclic) bond motifs is 5. The van der Waals surface area contributed by atoms with Gasteiger partial charge in [-0.2, -0.15) is 0 Å². The molecule has 4 saturated carbocycles. The van der Waals surface area contributed by atoms with Crippen LogP contribution >= 0.6 is 0 Å². The summed E-state index contributed by atoms with van der Waals surface area (Å²) >= 11 is 0. The molecule has 34 heavy (non-hydrogen) atoms. The van der Waals surface area contributed by atoms with E-state index in [1.54, 1.807) is 0 Å². The summed E-state index contributed by atoms with van der Waals surface area (Å²) in [5.41, 5.74) is 0.562. The van der Waals surface area contributed by atoms with Crippen LogP contribution < -0.4 is 0 Å². The van der Waals surface area contributed by atoms with E-state index in [1.165, 1.54) is 32.1 Å². The summed E-state index contributed by atoms with van der Waals surface area (Å²) in [5.74, 6) is 2.50. The van der Waals surface area contributed by atoms with E-state index in [4.69, 9.17) is 9.47 Å². The van der Waals surface area contributed by atoms with Crippen molar-refractivity contribution < 1.29 is 24.5 Å². The predicted octanol–water partition coefficient (Wildman–Crippen LogP) is 5.93. The Hall–Kier alpha value is -0.650. The first kappa shape index (κ1) is 26.4. The molecule has 4 rings (SSSR count). The van der Waals surface area contributed by atoms with Crippen LogP contribution in [0.3, 0.4) is 0 Å². The normalized spacial score (nSPS) is 44.9. The smallest absolute Gasteiger partial charge is 0.303 e. The van der Waals surface area contributed by atoms with Crippen molar-refractivity contribution in [2.24, 2.45) is 46.3 Å². The Kier molecular flexibility index (Phi) is 8.06. The van der Waals surface area contributed by atoms with Gasteiger partial charge in [0, 0.05) is 6.42 Å². The van der Waals surface area contributed by atoms with E-state index in [1.807, 2.05) is 0 Å². The number of hydrogen-bond donors (Lipinski definition) is 2. The molecule has 2 N–H and O–H groups in total. The lowest BCUT2D eigenvalue weighted by Crippen LogP contribution is -2.58. The molecule has 0 aromatic rings. The molecule has 5 heteroatoms. The minimum absolute atomic E-state index is 0.205. The van der Waals surface area contributed by atoms with Crippen LogP contribution in [0.5, 0.6) is 0 Å². The van der Waals surface area contributed by atoms with E-state index in [-0.39, 0.29) is 24.0 Å². The topological polar surface area (TPSA) is 76.0 Å². The Balaban J connectivity index is 1.42. The van der Waals surface area contributed by atoms with E-state index in [9.17, 15) is 15.0 Å². The molecule has 0 heterocycles. The van der Waals surface area contributed by atoms with Gasteiger partial charge < -0.3 is 19.7 Å². The van der Waals surface area contributed by atoms with Crippen molar-refractivity contribution in [3.8, 4) is 0 Å². The highest BCUT2D eigenvalue weighted by atomic mass is 16.5. The second kappa shape index (κ2) is 10.4.